The van der Waals surface area contributed by atoms with Crippen LogP contribution in [-0.4, -0.2) is 40.4 Å². The fourth-order valence-corrected chi connectivity index (χ4v) is 4.14. The Balaban J connectivity index is 2.00. The molecule has 1 fully saturated rings. The number of amides is 1. The van der Waals surface area contributed by atoms with Crippen LogP contribution in [0.2, 0.25) is 0 Å². The molecule has 0 aromatic heterocycles. The summed E-state index contributed by atoms with van der Waals surface area (Å²) in [6.07, 6.45) is 1.63. The first kappa shape index (κ1) is 19.9. The van der Waals surface area contributed by atoms with Crippen LogP contribution in [0.15, 0.2) is 53.4 Å². The van der Waals surface area contributed by atoms with Crippen LogP contribution in [0.4, 0.5) is 0 Å². The number of thiocarbonyl (C=S) groups is 1. The number of methoxy groups -OCH3 is 2. The van der Waals surface area contributed by atoms with Crippen molar-refractivity contribution < 1.29 is 24.2 Å². The molecule has 0 radical (unpaired) electrons. The minimum Gasteiger partial charge on any atom is -0.497 e. The Bertz CT molecular complexity index is 958. The molecule has 0 bridgehead atoms. The highest BCUT2D eigenvalue weighted by atomic mass is 32.2. The van der Waals surface area contributed by atoms with Crippen LogP contribution in [0.5, 0.6) is 11.5 Å². The number of thioether (sulfide) groups is 1. The molecule has 3 rings (SSSR count). The Morgan fingerprint density at radius 2 is 1.89 bits per heavy atom. The second kappa shape index (κ2) is 8.45. The molecule has 1 amide bonds. The van der Waals surface area contributed by atoms with Crippen molar-refractivity contribution in [1.82, 2.24) is 4.90 Å². The number of carboxylic acids is 1. The van der Waals surface area contributed by atoms with Crippen molar-refractivity contribution in [1.29, 1.82) is 0 Å². The van der Waals surface area contributed by atoms with E-state index in [9.17, 15) is 14.7 Å². The Kier molecular flexibility index (Phi) is 6.01. The second-order valence-corrected chi connectivity index (χ2v) is 7.49. The lowest BCUT2D eigenvalue weighted by molar-refractivity contribution is -0.145. The number of benzene rings is 2. The van der Waals surface area contributed by atoms with Gasteiger partial charge in [0.25, 0.3) is 5.91 Å². The first-order valence-electron chi connectivity index (χ1n) is 8.23. The van der Waals surface area contributed by atoms with E-state index in [2.05, 4.69) is 0 Å². The van der Waals surface area contributed by atoms with Crippen molar-refractivity contribution in [3.8, 4) is 11.5 Å². The fraction of sp³-hybridized carbons (Fsp3) is 0.150. The summed E-state index contributed by atoms with van der Waals surface area (Å²) < 4.78 is 10.8. The van der Waals surface area contributed by atoms with Gasteiger partial charge in [-0.25, -0.2) is 4.79 Å². The van der Waals surface area contributed by atoms with Gasteiger partial charge in [-0.15, -0.1) is 0 Å². The first-order chi connectivity index (χ1) is 13.5. The second-order valence-electron chi connectivity index (χ2n) is 5.81. The number of ether oxygens (including phenoxy) is 2. The number of hydrogen-bond acceptors (Lipinski definition) is 6. The maximum Gasteiger partial charge on any atom is 0.331 e. The molecule has 0 saturated carbocycles. The largest absolute Gasteiger partial charge is 0.497 e. The smallest absolute Gasteiger partial charge is 0.331 e. The maximum atomic E-state index is 13.0. The van der Waals surface area contributed by atoms with Gasteiger partial charge in [0, 0.05) is 5.56 Å². The Morgan fingerprint density at radius 3 is 2.50 bits per heavy atom. The summed E-state index contributed by atoms with van der Waals surface area (Å²) in [5.41, 5.74) is 1.11. The topological polar surface area (TPSA) is 76.1 Å². The van der Waals surface area contributed by atoms with Gasteiger partial charge in [0.1, 0.15) is 15.8 Å². The van der Waals surface area contributed by atoms with Gasteiger partial charge in [-0.2, -0.15) is 0 Å². The molecule has 1 N–H and O–H groups in total. The molecule has 0 unspecified atom stereocenters. The number of aliphatic carboxylic acids is 1. The highest BCUT2D eigenvalue weighted by Gasteiger charge is 2.41. The number of carboxylic acid groups (broad SMARTS) is 1. The van der Waals surface area contributed by atoms with E-state index in [1.165, 1.54) is 7.11 Å². The van der Waals surface area contributed by atoms with E-state index in [1.54, 1.807) is 61.7 Å². The number of carbonyl (C=O) groups is 2. The molecule has 1 heterocycles. The average molecular weight is 415 g/mol. The third-order valence-electron chi connectivity index (χ3n) is 4.15. The monoisotopic (exact) mass is 415 g/mol. The van der Waals surface area contributed by atoms with Crippen molar-refractivity contribution in [2.45, 2.75) is 6.04 Å². The van der Waals surface area contributed by atoms with E-state index in [1.807, 2.05) is 0 Å². The molecule has 2 aromatic rings. The standard InChI is InChI=1S/C20H17NO5S2/c1-25-14-8-9-15(26-2)13(10-14)11-16-18(22)21(20(27)28-16)17(19(23)24)12-6-4-3-5-7-12/h3-11,17H,1-2H3,(H,23,24)/b16-11-/t17-/m1/s1. The van der Waals surface area contributed by atoms with Gasteiger partial charge in [-0.1, -0.05) is 54.3 Å². The zero-order chi connectivity index (χ0) is 20.3. The van der Waals surface area contributed by atoms with Crippen LogP contribution in [-0.2, 0) is 9.59 Å². The lowest BCUT2D eigenvalue weighted by Gasteiger charge is -2.23. The van der Waals surface area contributed by atoms with E-state index in [4.69, 9.17) is 21.7 Å². The van der Waals surface area contributed by atoms with E-state index >= 15 is 0 Å². The average Bonchev–Trinajstić information content (AvgIpc) is 2.96. The molecule has 1 saturated heterocycles. The summed E-state index contributed by atoms with van der Waals surface area (Å²) in [7, 11) is 3.07. The van der Waals surface area contributed by atoms with Crippen LogP contribution >= 0.6 is 24.0 Å². The molecule has 0 aliphatic carbocycles. The molecule has 1 aliphatic heterocycles. The SMILES string of the molecule is COc1ccc(OC)c(/C=C2\SC(=S)N([C@@H](C(=O)O)c3ccccc3)C2=O)c1. The van der Waals surface area contributed by atoms with Crippen LogP contribution in [0.1, 0.15) is 17.2 Å². The van der Waals surface area contributed by atoms with E-state index in [0.717, 1.165) is 16.7 Å². The van der Waals surface area contributed by atoms with Crippen molar-refractivity contribution >= 4 is 46.3 Å². The van der Waals surface area contributed by atoms with Crippen molar-refractivity contribution in [2.24, 2.45) is 0 Å². The number of hydrogen-bond donors (Lipinski definition) is 1. The van der Waals surface area contributed by atoms with E-state index < -0.39 is 17.9 Å². The summed E-state index contributed by atoms with van der Waals surface area (Å²) in [6, 6.07) is 12.6. The Hall–Kier alpha value is -2.84. The third-order valence-corrected chi connectivity index (χ3v) is 5.48. The molecule has 144 valence electrons. The van der Waals surface area contributed by atoms with Gasteiger partial charge in [0.05, 0.1) is 19.1 Å². The molecular formula is C20H17NO5S2. The van der Waals surface area contributed by atoms with Crippen LogP contribution < -0.4 is 9.47 Å². The Labute approximate surface area is 171 Å². The molecule has 0 spiro atoms. The number of rotatable bonds is 6. The van der Waals surface area contributed by atoms with Gasteiger partial charge < -0.3 is 14.6 Å². The lowest BCUT2D eigenvalue weighted by atomic mass is 10.1. The Morgan fingerprint density at radius 1 is 1.18 bits per heavy atom. The minimum atomic E-state index is -1.19. The summed E-state index contributed by atoms with van der Waals surface area (Å²) in [6.45, 7) is 0. The van der Waals surface area contributed by atoms with Crippen LogP contribution in [0.3, 0.4) is 0 Å². The summed E-state index contributed by atoms with van der Waals surface area (Å²) in [5.74, 6) is -0.446. The van der Waals surface area contributed by atoms with Gasteiger partial charge in [-0.3, -0.25) is 9.69 Å². The van der Waals surface area contributed by atoms with Crippen molar-refractivity contribution in [3.63, 3.8) is 0 Å². The highest BCUT2D eigenvalue weighted by molar-refractivity contribution is 8.26. The van der Waals surface area contributed by atoms with Crippen molar-refractivity contribution in [3.05, 3.63) is 64.6 Å². The molecule has 8 heteroatoms. The number of nitrogens with zero attached hydrogens (tertiary/aromatic N) is 1. The van der Waals surface area contributed by atoms with E-state index in [-0.39, 0.29) is 4.32 Å². The predicted octanol–water partition coefficient (Wildman–Crippen LogP) is 3.73. The molecule has 1 atom stereocenters. The maximum absolute atomic E-state index is 13.0. The normalized spacial score (nSPS) is 16.4. The lowest BCUT2D eigenvalue weighted by Crippen LogP contribution is -2.37. The summed E-state index contributed by atoms with van der Waals surface area (Å²) >= 11 is 6.38. The zero-order valence-electron chi connectivity index (χ0n) is 15.1. The van der Waals surface area contributed by atoms with Gasteiger partial charge in [-0.05, 0) is 29.8 Å². The minimum absolute atomic E-state index is 0.189. The highest BCUT2D eigenvalue weighted by Crippen LogP contribution is 2.39. The molecule has 2 aromatic carbocycles. The van der Waals surface area contributed by atoms with Gasteiger partial charge >= 0.3 is 5.97 Å². The first-order valence-corrected chi connectivity index (χ1v) is 9.45. The number of carbonyl (C=O) groups excluding carboxylic acids is 1. The third kappa shape index (κ3) is 3.88. The molecular weight excluding hydrogens is 398 g/mol. The zero-order valence-corrected chi connectivity index (χ0v) is 16.8. The van der Waals surface area contributed by atoms with Crippen LogP contribution in [0.25, 0.3) is 6.08 Å². The quantitative estimate of drug-likeness (QED) is 0.569. The molecule has 1 aliphatic rings. The fourth-order valence-electron chi connectivity index (χ4n) is 2.83. The van der Waals surface area contributed by atoms with Gasteiger partial charge in [0.2, 0.25) is 0 Å². The molecule has 28 heavy (non-hydrogen) atoms. The predicted molar refractivity (Wildman–Crippen MR) is 111 cm³/mol. The summed E-state index contributed by atoms with van der Waals surface area (Å²) in [4.78, 5) is 26.4. The van der Waals surface area contributed by atoms with Crippen LogP contribution in [0, 0.1) is 0 Å². The molecule has 6 nitrogen and oxygen atoms in total. The summed E-state index contributed by atoms with van der Waals surface area (Å²) in [5, 5.41) is 9.73. The van der Waals surface area contributed by atoms with Gasteiger partial charge in [0.15, 0.2) is 6.04 Å². The van der Waals surface area contributed by atoms with E-state index in [0.29, 0.717) is 27.5 Å². The van der Waals surface area contributed by atoms with Crippen molar-refractivity contribution in [2.75, 3.05) is 14.2 Å².